The van der Waals surface area contributed by atoms with E-state index in [0.29, 0.717) is 0 Å². The van der Waals surface area contributed by atoms with Crippen LogP contribution in [0.5, 0.6) is 0 Å². The lowest BCUT2D eigenvalue weighted by Crippen LogP contribution is -1.73. The van der Waals surface area contributed by atoms with Crippen LogP contribution in [0.2, 0.25) is 0 Å². The average molecular weight is 181 g/mol. The van der Waals surface area contributed by atoms with Crippen LogP contribution in [-0.2, 0) is 0 Å². The van der Waals surface area contributed by atoms with E-state index in [1.807, 2.05) is 24.3 Å². The molecule has 1 aromatic rings. The van der Waals surface area contributed by atoms with Crippen LogP contribution in [0.4, 0.5) is 0 Å². The molecule has 0 aromatic heterocycles. The van der Waals surface area contributed by atoms with E-state index in [1.54, 1.807) is 18.6 Å². The summed E-state index contributed by atoms with van der Waals surface area (Å²) >= 11 is 0. The number of aromatic nitrogens is 3. The van der Waals surface area contributed by atoms with Crippen molar-refractivity contribution in [3.63, 3.8) is 0 Å². The summed E-state index contributed by atoms with van der Waals surface area (Å²) in [7, 11) is 0. The van der Waals surface area contributed by atoms with Gasteiger partial charge in [-0.05, 0) is 6.07 Å². The zero-order valence-electron chi connectivity index (χ0n) is 7.38. The molecule has 2 aliphatic heterocycles. The predicted octanol–water partition coefficient (Wildman–Crippen LogP) is 2.13. The molecule has 0 bridgehead atoms. The first kappa shape index (κ1) is 7.38. The van der Waals surface area contributed by atoms with Crippen molar-refractivity contribution in [3.05, 3.63) is 42.9 Å². The minimum absolute atomic E-state index is 0.844. The Labute approximate surface area is 80.8 Å². The Kier molecular flexibility index (Phi) is 1.44. The standard InChI is InChI=1S/C11H7N3/c1-2-4-9-8(3-1)11-10(14-9)7-12-5-6-13-11/h1-7H. The molecule has 0 unspecified atom stereocenters. The normalized spacial score (nSPS) is 10.9. The van der Waals surface area contributed by atoms with E-state index >= 15 is 0 Å². The van der Waals surface area contributed by atoms with Crippen molar-refractivity contribution >= 4 is 10.9 Å². The minimum atomic E-state index is 0.844. The second-order valence-corrected chi connectivity index (χ2v) is 3.07. The summed E-state index contributed by atoms with van der Waals surface area (Å²) < 4.78 is 0. The monoisotopic (exact) mass is 181 g/mol. The highest BCUT2D eigenvalue weighted by molar-refractivity contribution is 5.94. The predicted molar refractivity (Wildman–Crippen MR) is 54.0 cm³/mol. The van der Waals surface area contributed by atoms with Crippen LogP contribution in [0.3, 0.4) is 0 Å². The highest BCUT2D eigenvalue weighted by Crippen LogP contribution is 2.26. The van der Waals surface area contributed by atoms with Crippen LogP contribution in [-0.4, -0.2) is 15.0 Å². The Morgan fingerprint density at radius 3 is 2.93 bits per heavy atom. The fraction of sp³-hybridized carbons (Fsp3) is 0. The second kappa shape index (κ2) is 2.73. The number of nitrogens with zero attached hydrogens (tertiary/aromatic N) is 3. The lowest BCUT2D eigenvalue weighted by Gasteiger charge is -1.87. The maximum atomic E-state index is 4.43. The molecule has 2 heterocycles. The molecular weight excluding hydrogens is 174 g/mol. The van der Waals surface area contributed by atoms with Crippen LogP contribution in [0.1, 0.15) is 0 Å². The summed E-state index contributed by atoms with van der Waals surface area (Å²) in [5, 5.41) is 1.08. The van der Waals surface area contributed by atoms with Gasteiger partial charge in [0.05, 0.1) is 17.4 Å². The molecule has 0 saturated carbocycles. The molecule has 66 valence electrons. The van der Waals surface area contributed by atoms with Crippen molar-refractivity contribution in [2.75, 3.05) is 0 Å². The molecule has 0 spiro atoms. The topological polar surface area (TPSA) is 38.7 Å². The SMILES string of the molecule is c1ccc2c3nccncc-3nc2c1. The first-order valence-corrected chi connectivity index (χ1v) is 4.39. The largest absolute Gasteiger partial charge is 0.261 e. The summed E-state index contributed by atoms with van der Waals surface area (Å²) in [4.78, 5) is 12.8. The highest BCUT2D eigenvalue weighted by atomic mass is 14.8. The Balaban J connectivity index is 2.52. The average Bonchev–Trinajstić information content (AvgIpc) is 2.42. The van der Waals surface area contributed by atoms with Gasteiger partial charge in [-0.3, -0.25) is 9.97 Å². The number of hydrogen-bond donors (Lipinski definition) is 0. The van der Waals surface area contributed by atoms with Gasteiger partial charge in [-0.2, -0.15) is 0 Å². The van der Waals surface area contributed by atoms with E-state index in [-0.39, 0.29) is 0 Å². The summed E-state index contributed by atoms with van der Waals surface area (Å²) in [6.45, 7) is 0. The molecule has 0 radical (unpaired) electrons. The number of hydrogen-bond acceptors (Lipinski definition) is 3. The van der Waals surface area contributed by atoms with Crippen LogP contribution in [0.25, 0.3) is 22.3 Å². The number of benzene rings is 1. The van der Waals surface area contributed by atoms with Gasteiger partial charge in [0.15, 0.2) is 0 Å². The minimum Gasteiger partial charge on any atom is -0.261 e. The van der Waals surface area contributed by atoms with Gasteiger partial charge in [0.1, 0.15) is 5.69 Å². The zero-order chi connectivity index (χ0) is 9.38. The molecule has 0 atom stereocenters. The number of para-hydroxylation sites is 1. The molecule has 0 saturated heterocycles. The fourth-order valence-corrected chi connectivity index (χ4v) is 1.58. The molecule has 14 heavy (non-hydrogen) atoms. The second-order valence-electron chi connectivity index (χ2n) is 3.07. The maximum absolute atomic E-state index is 4.43. The van der Waals surface area contributed by atoms with E-state index in [4.69, 9.17) is 0 Å². The number of rotatable bonds is 0. The molecule has 0 fully saturated rings. The van der Waals surface area contributed by atoms with Gasteiger partial charge in [-0.25, -0.2) is 4.98 Å². The molecular formula is C11H7N3. The third-order valence-corrected chi connectivity index (χ3v) is 2.20. The molecule has 2 aliphatic rings. The third-order valence-electron chi connectivity index (χ3n) is 2.20. The molecule has 1 aromatic carbocycles. The fourth-order valence-electron chi connectivity index (χ4n) is 1.58. The molecule has 0 aliphatic carbocycles. The zero-order valence-corrected chi connectivity index (χ0v) is 7.38. The van der Waals surface area contributed by atoms with Gasteiger partial charge in [-0.15, -0.1) is 0 Å². The Morgan fingerprint density at radius 1 is 1.00 bits per heavy atom. The number of fused-ring (bicyclic) bond motifs is 3. The van der Waals surface area contributed by atoms with Crippen LogP contribution in [0, 0.1) is 0 Å². The Bertz CT molecular complexity index is 562. The smallest absolute Gasteiger partial charge is 0.108 e. The van der Waals surface area contributed by atoms with E-state index in [0.717, 1.165) is 22.3 Å². The van der Waals surface area contributed by atoms with Crippen molar-refractivity contribution in [1.29, 1.82) is 0 Å². The van der Waals surface area contributed by atoms with Gasteiger partial charge in [0, 0.05) is 17.8 Å². The Morgan fingerprint density at radius 2 is 1.93 bits per heavy atom. The van der Waals surface area contributed by atoms with Crippen molar-refractivity contribution in [1.82, 2.24) is 15.0 Å². The van der Waals surface area contributed by atoms with E-state index in [2.05, 4.69) is 15.0 Å². The van der Waals surface area contributed by atoms with Gasteiger partial charge in [0.2, 0.25) is 0 Å². The van der Waals surface area contributed by atoms with Crippen LogP contribution >= 0.6 is 0 Å². The van der Waals surface area contributed by atoms with Crippen LogP contribution in [0.15, 0.2) is 42.9 Å². The van der Waals surface area contributed by atoms with E-state index in [9.17, 15) is 0 Å². The van der Waals surface area contributed by atoms with Gasteiger partial charge in [-0.1, -0.05) is 18.2 Å². The summed E-state index contributed by atoms with van der Waals surface area (Å²) in [5.74, 6) is 0. The first-order chi connectivity index (χ1) is 6.95. The summed E-state index contributed by atoms with van der Waals surface area (Å²) in [6, 6.07) is 7.97. The molecule has 0 N–H and O–H groups in total. The maximum Gasteiger partial charge on any atom is 0.108 e. The van der Waals surface area contributed by atoms with Gasteiger partial charge in [0.25, 0.3) is 0 Å². The van der Waals surface area contributed by atoms with Crippen molar-refractivity contribution in [2.45, 2.75) is 0 Å². The van der Waals surface area contributed by atoms with Crippen molar-refractivity contribution < 1.29 is 0 Å². The van der Waals surface area contributed by atoms with Crippen molar-refractivity contribution in [2.24, 2.45) is 0 Å². The van der Waals surface area contributed by atoms with Crippen molar-refractivity contribution in [3.8, 4) is 11.4 Å². The van der Waals surface area contributed by atoms with Gasteiger partial charge >= 0.3 is 0 Å². The molecule has 0 amide bonds. The van der Waals surface area contributed by atoms with E-state index < -0.39 is 0 Å². The quantitative estimate of drug-likeness (QED) is 0.533. The molecule has 3 heteroatoms. The van der Waals surface area contributed by atoms with E-state index in [1.165, 1.54) is 0 Å². The summed E-state index contributed by atoms with van der Waals surface area (Å²) in [6.07, 6.45) is 5.09. The van der Waals surface area contributed by atoms with Gasteiger partial charge < -0.3 is 0 Å². The molecule has 3 rings (SSSR count). The summed E-state index contributed by atoms with van der Waals surface area (Å²) in [5.41, 5.74) is 2.73. The Hall–Kier alpha value is -2.03. The lowest BCUT2D eigenvalue weighted by atomic mass is 10.2. The highest BCUT2D eigenvalue weighted by Gasteiger charge is 2.10. The first-order valence-electron chi connectivity index (χ1n) is 4.39. The lowest BCUT2D eigenvalue weighted by molar-refractivity contribution is 1.33. The third kappa shape index (κ3) is 0.956. The molecule has 3 nitrogen and oxygen atoms in total. The van der Waals surface area contributed by atoms with Crippen LogP contribution < -0.4 is 0 Å².